The Balaban J connectivity index is 1.84. The van der Waals surface area contributed by atoms with Crippen LogP contribution in [-0.2, 0) is 24.7 Å². The van der Waals surface area contributed by atoms with Gasteiger partial charge in [0.05, 0.1) is 17.1 Å². The Kier molecular flexibility index (Phi) is 8.07. The molecule has 1 heterocycles. The summed E-state index contributed by atoms with van der Waals surface area (Å²) in [6, 6.07) is 24.9. The molecule has 0 aliphatic carbocycles. The summed E-state index contributed by atoms with van der Waals surface area (Å²) in [4.78, 5) is 2.17. The topological polar surface area (TPSA) is 46.8 Å². The van der Waals surface area contributed by atoms with Gasteiger partial charge in [0.1, 0.15) is 0 Å². The Hall–Kier alpha value is -3.52. The zero-order valence-corrected chi connectivity index (χ0v) is 21.4. The molecule has 0 N–H and O–H groups in total. The van der Waals surface area contributed by atoms with Gasteiger partial charge in [0.2, 0.25) is 0 Å². The highest BCUT2D eigenvalue weighted by molar-refractivity contribution is 5.32. The van der Waals surface area contributed by atoms with Gasteiger partial charge in [-0.15, -0.1) is 5.10 Å². The van der Waals surface area contributed by atoms with Crippen molar-refractivity contribution in [2.75, 3.05) is 6.54 Å². The fraction of sp³-hybridized carbons (Fsp3) is 0.345. The number of halogens is 3. The van der Waals surface area contributed by atoms with Crippen LogP contribution in [0.1, 0.15) is 61.3 Å². The van der Waals surface area contributed by atoms with Gasteiger partial charge < -0.3 is 0 Å². The summed E-state index contributed by atoms with van der Waals surface area (Å²) in [5.41, 5.74) is 1.60. The average Bonchev–Trinajstić information content (AvgIpc) is 3.39. The Morgan fingerprint density at radius 3 is 2.14 bits per heavy atom. The molecule has 0 fully saturated rings. The molecule has 0 aliphatic heterocycles. The number of nitrogens with zero attached hydrogens (tertiary/aromatic N) is 5. The molecule has 5 nitrogen and oxygen atoms in total. The second kappa shape index (κ2) is 11.3. The van der Waals surface area contributed by atoms with E-state index < -0.39 is 23.3 Å². The molecule has 1 atom stereocenters. The van der Waals surface area contributed by atoms with Crippen LogP contribution in [0.2, 0.25) is 0 Å². The van der Waals surface area contributed by atoms with Gasteiger partial charge in [0.15, 0.2) is 5.82 Å². The Bertz CT molecular complexity index is 1270. The number of hydrogen-bond acceptors (Lipinski definition) is 4. The summed E-state index contributed by atoms with van der Waals surface area (Å²) in [6.45, 7) is 7.22. The molecule has 0 saturated heterocycles. The molecule has 37 heavy (non-hydrogen) atoms. The minimum absolute atomic E-state index is 0.420. The van der Waals surface area contributed by atoms with Gasteiger partial charge >= 0.3 is 6.18 Å². The second-order valence-corrected chi connectivity index (χ2v) is 9.83. The highest BCUT2D eigenvalue weighted by Gasteiger charge is 2.35. The number of aromatic nitrogens is 4. The minimum atomic E-state index is -4.45. The fourth-order valence-electron chi connectivity index (χ4n) is 4.39. The summed E-state index contributed by atoms with van der Waals surface area (Å²) in [5, 5.41) is 12.7. The van der Waals surface area contributed by atoms with Crippen LogP contribution in [0.4, 0.5) is 13.2 Å². The number of alkyl halides is 3. The van der Waals surface area contributed by atoms with Crippen molar-refractivity contribution in [1.82, 2.24) is 25.1 Å². The molecule has 0 radical (unpaired) electrons. The molecule has 0 amide bonds. The average molecular weight is 508 g/mol. The summed E-state index contributed by atoms with van der Waals surface area (Å²) >= 11 is 0. The third-order valence-corrected chi connectivity index (χ3v) is 6.83. The van der Waals surface area contributed by atoms with Crippen molar-refractivity contribution in [3.05, 3.63) is 113 Å². The van der Waals surface area contributed by atoms with Crippen molar-refractivity contribution in [1.29, 1.82) is 0 Å². The van der Waals surface area contributed by atoms with Crippen molar-refractivity contribution in [3.8, 4) is 0 Å². The first kappa shape index (κ1) is 26.5. The Morgan fingerprint density at radius 1 is 0.865 bits per heavy atom. The van der Waals surface area contributed by atoms with Crippen LogP contribution in [0.3, 0.4) is 0 Å². The van der Waals surface area contributed by atoms with Gasteiger partial charge in [-0.2, -0.15) is 13.2 Å². The lowest BCUT2D eigenvalue weighted by atomic mass is 9.97. The van der Waals surface area contributed by atoms with Crippen LogP contribution in [0.5, 0.6) is 0 Å². The zero-order valence-electron chi connectivity index (χ0n) is 21.4. The predicted molar refractivity (Wildman–Crippen MR) is 138 cm³/mol. The molecular weight excluding hydrogens is 475 g/mol. The molecule has 4 aromatic rings. The molecule has 8 heteroatoms. The number of tetrazole rings is 1. The van der Waals surface area contributed by atoms with Gasteiger partial charge in [-0.3, -0.25) is 4.90 Å². The van der Waals surface area contributed by atoms with Gasteiger partial charge in [-0.1, -0.05) is 79.7 Å². The summed E-state index contributed by atoms with van der Waals surface area (Å²) in [7, 11) is 0. The van der Waals surface area contributed by atoms with Gasteiger partial charge in [-0.05, 0) is 65.9 Å². The summed E-state index contributed by atoms with van der Waals surface area (Å²) in [5.74, 6) is 0.523. The van der Waals surface area contributed by atoms with E-state index in [0.29, 0.717) is 24.5 Å². The van der Waals surface area contributed by atoms with E-state index in [1.165, 1.54) is 12.1 Å². The van der Waals surface area contributed by atoms with E-state index in [0.717, 1.165) is 30.0 Å². The SMILES string of the molecule is CCC(C)(C)n1nnnc1[C@H](c1cccc(C(F)(F)F)c1)N(CCc1ccccc1)Cc1ccccc1. The van der Waals surface area contributed by atoms with E-state index in [-0.39, 0.29) is 0 Å². The van der Waals surface area contributed by atoms with Gasteiger partial charge in [0.25, 0.3) is 0 Å². The molecule has 0 aliphatic rings. The first-order valence-electron chi connectivity index (χ1n) is 12.5. The summed E-state index contributed by atoms with van der Waals surface area (Å²) < 4.78 is 43.0. The van der Waals surface area contributed by atoms with Crippen LogP contribution >= 0.6 is 0 Å². The lowest BCUT2D eigenvalue weighted by Crippen LogP contribution is -2.37. The Morgan fingerprint density at radius 2 is 1.51 bits per heavy atom. The maximum absolute atomic E-state index is 13.8. The lowest BCUT2D eigenvalue weighted by Gasteiger charge is -2.34. The first-order chi connectivity index (χ1) is 17.7. The van der Waals surface area contributed by atoms with E-state index in [9.17, 15) is 13.2 Å². The second-order valence-electron chi connectivity index (χ2n) is 9.83. The largest absolute Gasteiger partial charge is 0.416 e. The molecular formula is C29H32F3N5. The monoisotopic (exact) mass is 507 g/mol. The maximum Gasteiger partial charge on any atom is 0.416 e. The number of rotatable bonds is 10. The van der Waals surface area contributed by atoms with Crippen molar-refractivity contribution < 1.29 is 13.2 Å². The van der Waals surface area contributed by atoms with Crippen LogP contribution in [0.25, 0.3) is 0 Å². The zero-order chi connectivity index (χ0) is 26.5. The van der Waals surface area contributed by atoms with Gasteiger partial charge in [0, 0.05) is 13.1 Å². The highest BCUT2D eigenvalue weighted by Crippen LogP contribution is 2.36. The van der Waals surface area contributed by atoms with E-state index >= 15 is 0 Å². The third kappa shape index (κ3) is 6.43. The number of benzene rings is 3. The van der Waals surface area contributed by atoms with Crippen molar-refractivity contribution in [3.63, 3.8) is 0 Å². The quantitative estimate of drug-likeness (QED) is 0.241. The van der Waals surface area contributed by atoms with E-state index in [1.807, 2.05) is 69.3 Å². The standard InChI is InChI=1S/C29H32F3N5/c1-4-28(2,3)37-27(33-34-35-37)26(24-16-11-17-25(20-24)29(30,31)32)36(21-23-14-9-6-10-15-23)19-18-22-12-7-5-8-13-22/h5-17,20,26H,4,18-19,21H2,1-3H3/t26-/m0/s1. The van der Waals surface area contributed by atoms with Crippen molar-refractivity contribution in [2.24, 2.45) is 0 Å². The predicted octanol–water partition coefficient (Wildman–Crippen LogP) is 6.67. The van der Waals surface area contributed by atoms with Crippen molar-refractivity contribution >= 4 is 0 Å². The molecule has 0 bridgehead atoms. The molecule has 0 unspecified atom stereocenters. The van der Waals surface area contributed by atoms with Crippen LogP contribution in [-0.4, -0.2) is 31.7 Å². The fourth-order valence-corrected chi connectivity index (χ4v) is 4.39. The van der Waals surface area contributed by atoms with Gasteiger partial charge in [-0.25, -0.2) is 4.68 Å². The van der Waals surface area contributed by atoms with Crippen LogP contribution in [0, 0.1) is 0 Å². The Labute approximate surface area is 215 Å². The summed E-state index contributed by atoms with van der Waals surface area (Å²) in [6.07, 6.45) is -2.98. The first-order valence-corrected chi connectivity index (χ1v) is 12.5. The number of hydrogen-bond donors (Lipinski definition) is 0. The molecule has 4 rings (SSSR count). The molecule has 3 aromatic carbocycles. The molecule has 0 saturated carbocycles. The van der Waals surface area contributed by atoms with E-state index in [2.05, 4.69) is 32.6 Å². The van der Waals surface area contributed by atoms with Crippen LogP contribution in [0.15, 0.2) is 84.9 Å². The maximum atomic E-state index is 13.8. The minimum Gasteiger partial charge on any atom is -0.285 e. The lowest BCUT2D eigenvalue weighted by molar-refractivity contribution is -0.137. The normalized spacial score (nSPS) is 13.2. The third-order valence-electron chi connectivity index (χ3n) is 6.83. The molecule has 0 spiro atoms. The smallest absolute Gasteiger partial charge is 0.285 e. The van der Waals surface area contributed by atoms with Crippen LogP contribution < -0.4 is 0 Å². The van der Waals surface area contributed by atoms with E-state index in [4.69, 9.17) is 0 Å². The van der Waals surface area contributed by atoms with E-state index in [1.54, 1.807) is 10.7 Å². The molecule has 1 aromatic heterocycles. The highest BCUT2D eigenvalue weighted by atomic mass is 19.4. The molecule has 194 valence electrons. The van der Waals surface area contributed by atoms with Crippen molar-refractivity contribution in [2.45, 2.75) is 57.9 Å².